The number of aliphatic hydroxyl groups excluding tert-OH is 1. The maximum Gasteiger partial charge on any atom is 0.472 e. The number of esters is 4. The predicted molar refractivity (Wildman–Crippen MR) is 395 cm³/mol. The second kappa shape index (κ2) is 71.1. The van der Waals surface area contributed by atoms with Crippen LogP contribution in [0.5, 0.6) is 0 Å². The number of ether oxygens (including phenoxy) is 4. The van der Waals surface area contributed by atoms with Crippen molar-refractivity contribution in [1.82, 2.24) is 0 Å². The van der Waals surface area contributed by atoms with Crippen LogP contribution in [-0.4, -0.2) is 96.7 Å². The number of phosphoric acid groups is 2. The summed E-state index contributed by atoms with van der Waals surface area (Å²) in [5.41, 5.74) is 0. The number of carbonyl (C=O) groups is 4. The number of aliphatic hydroxyl groups is 1. The average molecular weight is 1420 g/mol. The van der Waals surface area contributed by atoms with Gasteiger partial charge in [0.15, 0.2) is 12.2 Å². The Bertz CT molecular complexity index is 1860. The number of rotatable bonds is 78. The van der Waals surface area contributed by atoms with Crippen molar-refractivity contribution < 1.29 is 80.2 Å². The number of hydrogen-bond donors (Lipinski definition) is 3. The molecule has 17 nitrogen and oxygen atoms in total. The highest BCUT2D eigenvalue weighted by molar-refractivity contribution is 7.47. The van der Waals surface area contributed by atoms with Crippen LogP contribution >= 0.6 is 15.6 Å². The molecule has 0 radical (unpaired) electrons. The summed E-state index contributed by atoms with van der Waals surface area (Å²) in [4.78, 5) is 72.9. The van der Waals surface area contributed by atoms with Crippen LogP contribution in [0, 0.1) is 5.92 Å². The largest absolute Gasteiger partial charge is 0.472 e. The van der Waals surface area contributed by atoms with Crippen molar-refractivity contribution in [2.75, 3.05) is 39.6 Å². The van der Waals surface area contributed by atoms with E-state index in [4.69, 9.17) is 37.0 Å². The van der Waals surface area contributed by atoms with Crippen LogP contribution in [0.4, 0.5) is 0 Å². The second-order valence-corrected chi connectivity index (χ2v) is 31.5. The second-order valence-electron chi connectivity index (χ2n) is 28.6. The zero-order valence-electron chi connectivity index (χ0n) is 63.2. The van der Waals surface area contributed by atoms with Crippen LogP contribution in [0.15, 0.2) is 0 Å². The van der Waals surface area contributed by atoms with Gasteiger partial charge in [-0.1, -0.05) is 362 Å². The molecule has 2 unspecified atom stereocenters. The van der Waals surface area contributed by atoms with Crippen LogP contribution in [0.3, 0.4) is 0 Å². The summed E-state index contributed by atoms with van der Waals surface area (Å²) in [7, 11) is -9.91. The van der Waals surface area contributed by atoms with Crippen molar-refractivity contribution in [1.29, 1.82) is 0 Å². The van der Waals surface area contributed by atoms with Gasteiger partial charge in [0.05, 0.1) is 26.4 Å². The molecule has 3 N–H and O–H groups in total. The van der Waals surface area contributed by atoms with E-state index in [2.05, 4.69) is 34.6 Å². The molecule has 19 heteroatoms. The molecular formula is C78H152O17P2. The van der Waals surface area contributed by atoms with Gasteiger partial charge in [-0.15, -0.1) is 0 Å². The molecule has 97 heavy (non-hydrogen) atoms. The smallest absolute Gasteiger partial charge is 0.462 e. The molecule has 576 valence electrons. The molecule has 0 aromatic rings. The average Bonchev–Trinajstić information content (AvgIpc) is 1.78. The Hall–Kier alpha value is -1.94. The summed E-state index contributed by atoms with van der Waals surface area (Å²) in [5.74, 6) is -1.36. The molecule has 0 bridgehead atoms. The third-order valence-electron chi connectivity index (χ3n) is 18.3. The van der Waals surface area contributed by atoms with Gasteiger partial charge in [0.25, 0.3) is 0 Å². The van der Waals surface area contributed by atoms with Crippen molar-refractivity contribution in [2.45, 2.75) is 432 Å². The van der Waals surface area contributed by atoms with Gasteiger partial charge in [0, 0.05) is 25.7 Å². The molecule has 0 fully saturated rings. The number of phosphoric ester groups is 2. The lowest BCUT2D eigenvalue weighted by molar-refractivity contribution is -0.161. The van der Waals surface area contributed by atoms with Gasteiger partial charge in [-0.25, -0.2) is 9.13 Å². The van der Waals surface area contributed by atoms with Gasteiger partial charge in [-0.3, -0.25) is 37.3 Å². The lowest BCUT2D eigenvalue weighted by Gasteiger charge is -2.21. The molecule has 0 saturated carbocycles. The van der Waals surface area contributed by atoms with Crippen LogP contribution in [0.1, 0.15) is 413 Å². The van der Waals surface area contributed by atoms with Crippen molar-refractivity contribution >= 4 is 39.5 Å². The monoisotopic (exact) mass is 1420 g/mol. The van der Waals surface area contributed by atoms with Crippen molar-refractivity contribution in [3.05, 3.63) is 0 Å². The Kier molecular flexibility index (Phi) is 69.6. The lowest BCUT2D eigenvalue weighted by atomic mass is 10.0. The molecule has 5 atom stereocenters. The van der Waals surface area contributed by atoms with E-state index in [-0.39, 0.29) is 25.7 Å². The van der Waals surface area contributed by atoms with Gasteiger partial charge in [-0.05, 0) is 31.6 Å². The Morgan fingerprint density at radius 1 is 0.278 bits per heavy atom. The fraction of sp³-hybridized carbons (Fsp3) is 0.949. The molecule has 0 aromatic carbocycles. The van der Waals surface area contributed by atoms with Gasteiger partial charge in [-0.2, -0.15) is 0 Å². The van der Waals surface area contributed by atoms with E-state index in [1.807, 2.05) is 0 Å². The normalized spacial score (nSPS) is 13.9. The number of carbonyl (C=O) groups excluding carboxylic acids is 4. The van der Waals surface area contributed by atoms with E-state index in [9.17, 15) is 43.2 Å². The lowest BCUT2D eigenvalue weighted by Crippen LogP contribution is -2.30. The molecule has 0 heterocycles. The highest BCUT2D eigenvalue weighted by atomic mass is 31.2. The Balaban J connectivity index is 5.26. The molecule has 0 aromatic heterocycles. The Morgan fingerprint density at radius 2 is 0.474 bits per heavy atom. The van der Waals surface area contributed by atoms with E-state index >= 15 is 0 Å². The van der Waals surface area contributed by atoms with Gasteiger partial charge in [0.2, 0.25) is 0 Å². The van der Waals surface area contributed by atoms with E-state index in [1.54, 1.807) is 0 Å². The molecule has 0 aliphatic heterocycles. The zero-order valence-corrected chi connectivity index (χ0v) is 65.0. The molecule has 0 saturated heterocycles. The summed E-state index contributed by atoms with van der Waals surface area (Å²) in [5, 5.41) is 10.6. The maximum absolute atomic E-state index is 13.1. The van der Waals surface area contributed by atoms with E-state index in [1.165, 1.54) is 238 Å². The number of unbranched alkanes of at least 4 members (excludes halogenated alkanes) is 50. The fourth-order valence-electron chi connectivity index (χ4n) is 12.1. The summed E-state index contributed by atoms with van der Waals surface area (Å²) in [6.07, 6.45) is 60.9. The minimum Gasteiger partial charge on any atom is -0.462 e. The molecule has 0 spiro atoms. The summed E-state index contributed by atoms with van der Waals surface area (Å²) >= 11 is 0. The van der Waals surface area contributed by atoms with Gasteiger partial charge < -0.3 is 33.8 Å². The fourth-order valence-corrected chi connectivity index (χ4v) is 13.6. The minimum absolute atomic E-state index is 0.108. The standard InChI is InChI=1S/C78H152O17P2/c1-6-9-12-15-18-21-24-27-29-30-32-35-38-43-49-54-59-64-78(83)94-73(67-88-75(80)61-56-51-46-41-36-34-31-28-25-22-19-16-13-10-7-2)69-92-96(84,85)90-65-72(79)66-91-97(86,87)93-70-74(68-89-76(81)62-57-52-47-44-39-40-45-50-55-60-71(4)5)95-77(82)63-58-53-48-42-37-33-26-23-20-17-14-11-8-3/h71-74,79H,6-70H2,1-5H3,(H,84,85)(H,86,87)/t72-,73-,74-/m1/s1. The van der Waals surface area contributed by atoms with Crippen LogP contribution in [0.25, 0.3) is 0 Å². The van der Waals surface area contributed by atoms with Crippen molar-refractivity contribution in [3.63, 3.8) is 0 Å². The summed E-state index contributed by atoms with van der Waals surface area (Å²) < 4.78 is 68.6. The van der Waals surface area contributed by atoms with E-state index in [0.29, 0.717) is 25.7 Å². The molecule has 0 aliphatic carbocycles. The Labute approximate surface area is 594 Å². The SMILES string of the molecule is CCCCCCCCCCCCCCCCCCCC(=O)O[C@H](COC(=O)CCCCCCCCCCCCCCCCC)COP(=O)(O)OC[C@@H](O)COP(=O)(O)OC[C@@H](COC(=O)CCCCCCCCCCCC(C)C)OC(=O)CCCCCCCCCCCCCCC. The summed E-state index contributed by atoms with van der Waals surface area (Å²) in [6, 6.07) is 0. The predicted octanol–water partition coefficient (Wildman–Crippen LogP) is 23.3. The third-order valence-corrected chi connectivity index (χ3v) is 20.2. The molecule has 0 amide bonds. The van der Waals surface area contributed by atoms with Crippen molar-refractivity contribution in [3.8, 4) is 0 Å². The third kappa shape index (κ3) is 72.2. The van der Waals surface area contributed by atoms with Crippen LogP contribution in [-0.2, 0) is 65.4 Å². The Morgan fingerprint density at radius 3 is 0.701 bits per heavy atom. The van der Waals surface area contributed by atoms with Gasteiger partial charge in [0.1, 0.15) is 19.3 Å². The molecule has 0 aliphatic rings. The summed E-state index contributed by atoms with van der Waals surface area (Å²) in [6.45, 7) is 7.30. The number of hydrogen-bond acceptors (Lipinski definition) is 15. The van der Waals surface area contributed by atoms with E-state index in [0.717, 1.165) is 95.8 Å². The topological polar surface area (TPSA) is 237 Å². The van der Waals surface area contributed by atoms with Crippen LogP contribution in [0.2, 0.25) is 0 Å². The quantitative estimate of drug-likeness (QED) is 0.0222. The first kappa shape index (κ1) is 95.1. The molecule has 0 rings (SSSR count). The highest BCUT2D eigenvalue weighted by Gasteiger charge is 2.30. The van der Waals surface area contributed by atoms with Crippen molar-refractivity contribution in [2.24, 2.45) is 5.92 Å². The highest BCUT2D eigenvalue weighted by Crippen LogP contribution is 2.45. The molecular weight excluding hydrogens is 1270 g/mol. The maximum atomic E-state index is 13.1. The van der Waals surface area contributed by atoms with E-state index < -0.39 is 97.5 Å². The zero-order chi connectivity index (χ0) is 71.2. The first-order chi connectivity index (χ1) is 47.0. The van der Waals surface area contributed by atoms with Crippen LogP contribution < -0.4 is 0 Å². The first-order valence-electron chi connectivity index (χ1n) is 40.6. The first-order valence-corrected chi connectivity index (χ1v) is 43.6. The van der Waals surface area contributed by atoms with Gasteiger partial charge >= 0.3 is 39.5 Å². The minimum atomic E-state index is -4.96.